The molecule has 0 bridgehead atoms. The predicted octanol–water partition coefficient (Wildman–Crippen LogP) is 2.52. The quantitative estimate of drug-likeness (QED) is 0.595. The Morgan fingerprint density at radius 1 is 1.42 bits per heavy atom. The minimum Gasteiger partial charge on any atom is -0.462 e. The van der Waals surface area contributed by atoms with Crippen LogP contribution in [-0.2, 0) is 9.53 Å². The van der Waals surface area contributed by atoms with Crippen molar-refractivity contribution in [3.8, 4) is 0 Å². The van der Waals surface area contributed by atoms with E-state index in [1.54, 1.807) is 0 Å². The van der Waals surface area contributed by atoms with Gasteiger partial charge in [0, 0.05) is 6.42 Å². The van der Waals surface area contributed by atoms with E-state index in [0.717, 1.165) is 6.42 Å². The van der Waals surface area contributed by atoms with E-state index in [4.69, 9.17) is 4.74 Å². The number of hydrogen-bond acceptors (Lipinski definition) is 2. The van der Waals surface area contributed by atoms with Crippen molar-refractivity contribution in [2.75, 3.05) is 0 Å². The molecule has 0 aromatic rings. The number of esters is 1. The van der Waals surface area contributed by atoms with Crippen LogP contribution in [0.25, 0.3) is 0 Å². The van der Waals surface area contributed by atoms with Gasteiger partial charge < -0.3 is 4.74 Å². The lowest BCUT2D eigenvalue weighted by Gasteiger charge is -2.28. The average Bonchev–Trinajstić information content (AvgIpc) is 2.09. The fourth-order valence-corrected chi connectivity index (χ4v) is 1.71. The lowest BCUT2D eigenvalue weighted by molar-refractivity contribution is -0.152. The van der Waals surface area contributed by atoms with Crippen LogP contribution in [0.3, 0.4) is 0 Å². The van der Waals surface area contributed by atoms with Crippen LogP contribution in [0, 0.1) is 5.92 Å². The van der Waals surface area contributed by atoms with Crippen molar-refractivity contribution >= 4 is 5.97 Å². The first kappa shape index (κ1) is 9.56. The molecule has 12 heavy (non-hydrogen) atoms. The van der Waals surface area contributed by atoms with Gasteiger partial charge >= 0.3 is 5.97 Å². The van der Waals surface area contributed by atoms with Crippen molar-refractivity contribution in [2.24, 2.45) is 5.92 Å². The summed E-state index contributed by atoms with van der Waals surface area (Å²) in [6, 6.07) is 0. The Morgan fingerprint density at radius 3 is 2.67 bits per heavy atom. The van der Waals surface area contributed by atoms with Crippen molar-refractivity contribution in [1.29, 1.82) is 0 Å². The van der Waals surface area contributed by atoms with Gasteiger partial charge in [-0.25, -0.2) is 0 Å². The summed E-state index contributed by atoms with van der Waals surface area (Å²) in [5.41, 5.74) is 0. The van der Waals surface area contributed by atoms with Gasteiger partial charge in [0.1, 0.15) is 6.10 Å². The molecule has 0 heterocycles. The molecule has 1 saturated carbocycles. The van der Waals surface area contributed by atoms with Gasteiger partial charge in [-0.05, 0) is 25.2 Å². The Hall–Kier alpha value is -0.530. The van der Waals surface area contributed by atoms with Crippen molar-refractivity contribution in [3.63, 3.8) is 0 Å². The molecule has 0 aliphatic heterocycles. The largest absolute Gasteiger partial charge is 0.462 e. The molecule has 0 radical (unpaired) electrons. The number of carbonyl (C=O) groups is 1. The molecule has 1 aliphatic carbocycles. The van der Waals surface area contributed by atoms with Crippen LogP contribution >= 0.6 is 0 Å². The number of ether oxygens (including phenoxy) is 1. The summed E-state index contributed by atoms with van der Waals surface area (Å²) in [6.07, 6.45) is 5.48. The van der Waals surface area contributed by atoms with Crippen LogP contribution in [0.4, 0.5) is 0 Å². The Balaban J connectivity index is 2.33. The highest BCUT2D eigenvalue weighted by Crippen LogP contribution is 2.26. The van der Waals surface area contributed by atoms with Gasteiger partial charge in [0.2, 0.25) is 0 Å². The fraction of sp³-hybridized carbons (Fsp3) is 0.900. The van der Waals surface area contributed by atoms with Crippen molar-refractivity contribution in [3.05, 3.63) is 0 Å². The summed E-state index contributed by atoms with van der Waals surface area (Å²) in [6.45, 7) is 4.02. The normalized spacial score (nSPS) is 29.8. The van der Waals surface area contributed by atoms with E-state index in [-0.39, 0.29) is 12.1 Å². The van der Waals surface area contributed by atoms with E-state index in [9.17, 15) is 4.79 Å². The maximum atomic E-state index is 11.0. The van der Waals surface area contributed by atoms with E-state index < -0.39 is 0 Å². The summed E-state index contributed by atoms with van der Waals surface area (Å²) in [5, 5.41) is 0. The maximum Gasteiger partial charge on any atom is 0.305 e. The maximum absolute atomic E-state index is 11.0. The lowest BCUT2D eigenvalue weighted by Crippen LogP contribution is -2.27. The highest BCUT2D eigenvalue weighted by atomic mass is 16.5. The summed E-state index contributed by atoms with van der Waals surface area (Å²) in [7, 11) is 0. The molecule has 70 valence electrons. The first-order chi connectivity index (χ1) is 5.74. The molecule has 0 N–H and O–H groups in total. The molecule has 0 spiro atoms. The Kier molecular flexibility index (Phi) is 3.57. The Labute approximate surface area is 74.3 Å². The molecule has 0 saturated heterocycles. The molecule has 0 aromatic carbocycles. The molecule has 2 nitrogen and oxygen atoms in total. The SMILES string of the molecule is CCC(=O)O[C@@H]1CCCC[C@H]1C. The van der Waals surface area contributed by atoms with Gasteiger partial charge in [0.25, 0.3) is 0 Å². The minimum absolute atomic E-state index is 0.0475. The summed E-state index contributed by atoms with van der Waals surface area (Å²) in [5.74, 6) is 0.517. The molecule has 1 rings (SSSR count). The smallest absolute Gasteiger partial charge is 0.305 e. The van der Waals surface area contributed by atoms with E-state index in [2.05, 4.69) is 6.92 Å². The zero-order chi connectivity index (χ0) is 8.97. The second-order valence-electron chi connectivity index (χ2n) is 3.64. The second kappa shape index (κ2) is 4.48. The number of rotatable bonds is 2. The van der Waals surface area contributed by atoms with E-state index in [1.165, 1.54) is 19.3 Å². The molecule has 1 aliphatic rings. The van der Waals surface area contributed by atoms with E-state index in [0.29, 0.717) is 12.3 Å². The van der Waals surface area contributed by atoms with Gasteiger partial charge in [-0.1, -0.05) is 20.3 Å². The first-order valence-electron chi connectivity index (χ1n) is 4.93. The van der Waals surface area contributed by atoms with Gasteiger partial charge in [-0.2, -0.15) is 0 Å². The standard InChI is InChI=1S/C10H18O2/c1-3-10(11)12-9-7-5-4-6-8(9)2/h8-9H,3-7H2,1-2H3/t8-,9-/m1/s1. The van der Waals surface area contributed by atoms with Crippen molar-refractivity contribution < 1.29 is 9.53 Å². The predicted molar refractivity (Wildman–Crippen MR) is 47.8 cm³/mol. The van der Waals surface area contributed by atoms with Gasteiger partial charge in [-0.3, -0.25) is 4.79 Å². The average molecular weight is 170 g/mol. The third-order valence-corrected chi connectivity index (χ3v) is 2.60. The van der Waals surface area contributed by atoms with Crippen LogP contribution in [0.2, 0.25) is 0 Å². The number of hydrogen-bond donors (Lipinski definition) is 0. The summed E-state index contributed by atoms with van der Waals surface area (Å²) in [4.78, 5) is 11.0. The van der Waals surface area contributed by atoms with Crippen LogP contribution in [0.1, 0.15) is 46.0 Å². The Morgan fingerprint density at radius 2 is 2.08 bits per heavy atom. The molecular weight excluding hydrogens is 152 g/mol. The molecule has 0 aromatic heterocycles. The third kappa shape index (κ3) is 2.50. The Bertz CT molecular complexity index is 154. The van der Waals surface area contributed by atoms with Crippen LogP contribution in [0.5, 0.6) is 0 Å². The first-order valence-corrected chi connectivity index (χ1v) is 4.93. The van der Waals surface area contributed by atoms with Crippen LogP contribution < -0.4 is 0 Å². The van der Waals surface area contributed by atoms with Crippen LogP contribution in [-0.4, -0.2) is 12.1 Å². The lowest BCUT2D eigenvalue weighted by atomic mass is 9.88. The van der Waals surface area contributed by atoms with Gasteiger partial charge in [0.05, 0.1) is 0 Å². The summed E-state index contributed by atoms with van der Waals surface area (Å²) >= 11 is 0. The molecule has 1 fully saturated rings. The fourth-order valence-electron chi connectivity index (χ4n) is 1.71. The zero-order valence-electron chi connectivity index (χ0n) is 8.01. The highest BCUT2D eigenvalue weighted by molar-refractivity contribution is 5.69. The van der Waals surface area contributed by atoms with Gasteiger partial charge in [0.15, 0.2) is 0 Å². The molecule has 0 unspecified atom stereocenters. The van der Waals surface area contributed by atoms with E-state index >= 15 is 0 Å². The zero-order valence-corrected chi connectivity index (χ0v) is 8.01. The molecular formula is C10H18O2. The second-order valence-corrected chi connectivity index (χ2v) is 3.64. The molecule has 2 heteroatoms. The van der Waals surface area contributed by atoms with Crippen molar-refractivity contribution in [1.82, 2.24) is 0 Å². The van der Waals surface area contributed by atoms with Crippen LogP contribution in [0.15, 0.2) is 0 Å². The monoisotopic (exact) mass is 170 g/mol. The van der Waals surface area contributed by atoms with E-state index in [1.807, 2.05) is 6.92 Å². The van der Waals surface area contributed by atoms with Gasteiger partial charge in [-0.15, -0.1) is 0 Å². The minimum atomic E-state index is -0.0475. The molecule has 0 amide bonds. The molecule has 2 atom stereocenters. The highest BCUT2D eigenvalue weighted by Gasteiger charge is 2.23. The number of carbonyl (C=O) groups excluding carboxylic acids is 1. The summed E-state index contributed by atoms with van der Waals surface area (Å²) < 4.78 is 5.31. The topological polar surface area (TPSA) is 26.3 Å². The van der Waals surface area contributed by atoms with Crippen molar-refractivity contribution in [2.45, 2.75) is 52.1 Å². The third-order valence-electron chi connectivity index (χ3n) is 2.60.